The summed E-state index contributed by atoms with van der Waals surface area (Å²) >= 11 is 0. The van der Waals surface area contributed by atoms with Crippen molar-refractivity contribution in [3.63, 3.8) is 0 Å². The van der Waals surface area contributed by atoms with Crippen LogP contribution in [-0.4, -0.2) is 39.6 Å². The number of aliphatic hydroxyl groups excluding tert-OH is 2. The number of aromatic carboxylic acids is 1. The van der Waals surface area contributed by atoms with E-state index in [1.54, 1.807) is 12.1 Å². The van der Waals surface area contributed by atoms with Crippen LogP contribution in [0.25, 0.3) is 0 Å². The van der Waals surface area contributed by atoms with E-state index in [1.807, 2.05) is 18.2 Å². The second kappa shape index (κ2) is 9.77. The van der Waals surface area contributed by atoms with Crippen LogP contribution < -0.4 is 4.74 Å². The first kappa shape index (κ1) is 21.8. The van der Waals surface area contributed by atoms with Crippen molar-refractivity contribution in [2.45, 2.75) is 77.1 Å². The zero-order chi connectivity index (χ0) is 21.0. The third kappa shape index (κ3) is 5.20. The third-order valence-electron chi connectivity index (χ3n) is 6.59. The maximum atomic E-state index is 11.3. The van der Waals surface area contributed by atoms with Crippen LogP contribution in [0.1, 0.15) is 68.3 Å². The van der Waals surface area contributed by atoms with Gasteiger partial charge in [-0.05, 0) is 49.3 Å². The summed E-state index contributed by atoms with van der Waals surface area (Å²) in [5.41, 5.74) is 1.25. The molecule has 29 heavy (non-hydrogen) atoms. The van der Waals surface area contributed by atoms with E-state index in [0.717, 1.165) is 44.1 Å². The van der Waals surface area contributed by atoms with E-state index < -0.39 is 18.2 Å². The number of benzene rings is 1. The van der Waals surface area contributed by atoms with Gasteiger partial charge in [-0.15, -0.1) is 0 Å². The Balaban J connectivity index is 1.73. The maximum Gasteiger partial charge on any atom is 0.335 e. The number of rotatable bonds is 7. The van der Waals surface area contributed by atoms with Crippen LogP contribution in [0.3, 0.4) is 0 Å². The summed E-state index contributed by atoms with van der Waals surface area (Å²) in [6, 6.07) is 5.07. The van der Waals surface area contributed by atoms with Crippen LogP contribution >= 0.6 is 0 Å². The van der Waals surface area contributed by atoms with Crippen LogP contribution in [-0.2, 0) is 6.42 Å². The molecule has 3 N–H and O–H groups in total. The minimum absolute atomic E-state index is 0.0442. The number of hydrogen-bond acceptors (Lipinski definition) is 4. The first-order valence-electron chi connectivity index (χ1n) is 11.0. The van der Waals surface area contributed by atoms with Gasteiger partial charge in [0.05, 0.1) is 17.8 Å². The molecule has 0 bridgehead atoms. The summed E-state index contributed by atoms with van der Waals surface area (Å²) < 4.78 is 6.24. The molecule has 1 saturated carbocycles. The molecule has 0 amide bonds. The van der Waals surface area contributed by atoms with Crippen LogP contribution in [0.15, 0.2) is 30.4 Å². The molecule has 6 atom stereocenters. The number of aryl methyl sites for hydroxylation is 1. The van der Waals surface area contributed by atoms with Gasteiger partial charge in [0, 0.05) is 18.3 Å². The van der Waals surface area contributed by atoms with Crippen LogP contribution in [0.4, 0.5) is 0 Å². The summed E-state index contributed by atoms with van der Waals surface area (Å²) in [7, 11) is 0. The number of fused-ring (bicyclic) bond motifs is 2. The smallest absolute Gasteiger partial charge is 0.335 e. The molecule has 1 aliphatic carbocycles. The van der Waals surface area contributed by atoms with E-state index in [2.05, 4.69) is 13.8 Å². The highest BCUT2D eigenvalue weighted by molar-refractivity contribution is 5.88. The fourth-order valence-electron chi connectivity index (χ4n) is 4.71. The van der Waals surface area contributed by atoms with Crippen molar-refractivity contribution in [2.24, 2.45) is 17.8 Å². The molecule has 5 nitrogen and oxygen atoms in total. The molecule has 5 heteroatoms. The topological polar surface area (TPSA) is 87.0 Å². The Morgan fingerprint density at radius 2 is 2.17 bits per heavy atom. The lowest BCUT2D eigenvalue weighted by Crippen LogP contribution is -2.27. The third-order valence-corrected chi connectivity index (χ3v) is 6.59. The van der Waals surface area contributed by atoms with E-state index in [4.69, 9.17) is 4.74 Å². The molecule has 1 aromatic carbocycles. The normalized spacial score (nSPS) is 28.7. The zero-order valence-corrected chi connectivity index (χ0v) is 17.5. The predicted octanol–water partition coefficient (Wildman–Crippen LogP) is 4.21. The van der Waals surface area contributed by atoms with Crippen molar-refractivity contribution in [1.82, 2.24) is 0 Å². The van der Waals surface area contributed by atoms with Gasteiger partial charge in [0.1, 0.15) is 11.9 Å². The number of unbranched alkanes of at least 4 members (excludes halogenated alkanes) is 1. The molecule has 3 rings (SSSR count). The fraction of sp³-hybridized carbons (Fsp3) is 0.625. The van der Waals surface area contributed by atoms with Crippen molar-refractivity contribution in [3.8, 4) is 5.75 Å². The SMILES string of the molecule is CCCC[C@H](C)C(O)/C=C/[C@@H]1[C@H]2CCCc3ccc(C(=O)O)cc3O[C@H]2C[C@H]1O. The van der Waals surface area contributed by atoms with Crippen molar-refractivity contribution < 1.29 is 24.9 Å². The molecule has 1 aliphatic heterocycles. The highest BCUT2D eigenvalue weighted by atomic mass is 16.5. The molecule has 0 radical (unpaired) electrons. The van der Waals surface area contributed by atoms with E-state index >= 15 is 0 Å². The van der Waals surface area contributed by atoms with E-state index in [9.17, 15) is 20.1 Å². The molecule has 1 aromatic rings. The monoisotopic (exact) mass is 402 g/mol. The molecule has 2 aliphatic rings. The molecule has 1 unspecified atom stereocenters. The first-order valence-corrected chi connectivity index (χ1v) is 11.0. The lowest BCUT2D eigenvalue weighted by atomic mass is 9.86. The van der Waals surface area contributed by atoms with E-state index in [1.165, 1.54) is 0 Å². The lowest BCUT2D eigenvalue weighted by Gasteiger charge is -2.28. The summed E-state index contributed by atoms with van der Waals surface area (Å²) in [6.07, 6.45) is 9.18. The van der Waals surface area contributed by atoms with Crippen molar-refractivity contribution in [3.05, 3.63) is 41.5 Å². The van der Waals surface area contributed by atoms with Crippen LogP contribution in [0.2, 0.25) is 0 Å². The molecule has 1 heterocycles. The highest BCUT2D eigenvalue weighted by Crippen LogP contribution is 2.42. The standard InChI is InChI=1S/C24H34O5/c1-3-4-6-15(2)20(25)12-11-18-19-8-5-7-16-9-10-17(24(27)28)13-22(16)29-23(19)14-21(18)26/h9-13,15,18-21,23,25-26H,3-8,14H2,1-2H3,(H,27,28)/b12-11+/t15-,18+,19+,20?,21+,23-/m0/s1. The Hall–Kier alpha value is -1.85. The Morgan fingerprint density at radius 1 is 1.38 bits per heavy atom. The van der Waals surface area contributed by atoms with Crippen LogP contribution in [0.5, 0.6) is 5.75 Å². The van der Waals surface area contributed by atoms with Gasteiger partial charge in [0.2, 0.25) is 0 Å². The quantitative estimate of drug-likeness (QED) is 0.595. The van der Waals surface area contributed by atoms with E-state index in [-0.39, 0.29) is 29.4 Å². The predicted molar refractivity (Wildman–Crippen MR) is 112 cm³/mol. The minimum Gasteiger partial charge on any atom is -0.490 e. The number of carbonyl (C=O) groups is 1. The van der Waals surface area contributed by atoms with Gasteiger partial charge < -0.3 is 20.1 Å². The zero-order valence-electron chi connectivity index (χ0n) is 17.5. The van der Waals surface area contributed by atoms with Gasteiger partial charge in [-0.1, -0.05) is 44.9 Å². The van der Waals surface area contributed by atoms with Gasteiger partial charge in [-0.3, -0.25) is 0 Å². The van der Waals surface area contributed by atoms with Gasteiger partial charge in [-0.2, -0.15) is 0 Å². The van der Waals surface area contributed by atoms with Crippen molar-refractivity contribution >= 4 is 5.97 Å². The first-order chi connectivity index (χ1) is 13.9. The summed E-state index contributed by atoms with van der Waals surface area (Å²) in [5, 5.41) is 30.4. The van der Waals surface area contributed by atoms with E-state index in [0.29, 0.717) is 12.2 Å². The average molecular weight is 403 g/mol. The average Bonchev–Trinajstić information content (AvgIpc) is 2.96. The number of carboxylic acid groups (broad SMARTS) is 1. The molecular formula is C24H34O5. The van der Waals surface area contributed by atoms with Gasteiger partial charge in [0.15, 0.2) is 0 Å². The molecule has 160 valence electrons. The Labute approximate surface area is 173 Å². The second-order valence-electron chi connectivity index (χ2n) is 8.72. The fourth-order valence-corrected chi connectivity index (χ4v) is 4.71. The number of hydrogen-bond donors (Lipinski definition) is 3. The van der Waals surface area contributed by atoms with Gasteiger partial charge in [-0.25, -0.2) is 4.79 Å². The number of ether oxygens (including phenoxy) is 1. The Kier molecular flexibility index (Phi) is 7.36. The molecule has 0 saturated heterocycles. The highest BCUT2D eigenvalue weighted by Gasteiger charge is 2.43. The summed E-state index contributed by atoms with van der Waals surface area (Å²) in [6.45, 7) is 4.21. The summed E-state index contributed by atoms with van der Waals surface area (Å²) in [5.74, 6) is -0.00758. The van der Waals surface area contributed by atoms with Crippen molar-refractivity contribution in [2.75, 3.05) is 0 Å². The molecule has 1 fully saturated rings. The van der Waals surface area contributed by atoms with Gasteiger partial charge >= 0.3 is 5.97 Å². The van der Waals surface area contributed by atoms with Crippen molar-refractivity contribution in [1.29, 1.82) is 0 Å². The maximum absolute atomic E-state index is 11.3. The Bertz CT molecular complexity index is 728. The number of aliphatic hydroxyl groups is 2. The summed E-state index contributed by atoms with van der Waals surface area (Å²) in [4.78, 5) is 11.3. The van der Waals surface area contributed by atoms with Crippen LogP contribution in [0, 0.1) is 17.8 Å². The Morgan fingerprint density at radius 3 is 2.90 bits per heavy atom. The lowest BCUT2D eigenvalue weighted by molar-refractivity contribution is 0.0695. The largest absolute Gasteiger partial charge is 0.490 e. The minimum atomic E-state index is -0.964. The molecule has 0 aromatic heterocycles. The molecular weight excluding hydrogens is 368 g/mol. The van der Waals surface area contributed by atoms with Gasteiger partial charge in [0.25, 0.3) is 0 Å². The second-order valence-corrected chi connectivity index (χ2v) is 8.72. The molecule has 0 spiro atoms. The number of carboxylic acids is 1.